The van der Waals surface area contributed by atoms with Crippen molar-refractivity contribution in [2.45, 2.75) is 6.92 Å². The number of nitrogens with zero attached hydrogens (tertiary/aromatic N) is 2. The second kappa shape index (κ2) is 3.65. The first kappa shape index (κ1) is 10.2. The third-order valence-corrected chi connectivity index (χ3v) is 2.30. The predicted molar refractivity (Wildman–Crippen MR) is 57.8 cm³/mol. The van der Waals surface area contributed by atoms with Crippen LogP contribution < -0.4 is 5.69 Å². The second-order valence-corrected chi connectivity index (χ2v) is 3.36. The molecule has 0 amide bonds. The Labute approximate surface area is 90.3 Å². The zero-order valence-corrected chi connectivity index (χ0v) is 8.51. The van der Waals surface area contributed by atoms with Gasteiger partial charge in [0, 0.05) is 24.0 Å². The second-order valence-electron chi connectivity index (χ2n) is 3.36. The van der Waals surface area contributed by atoms with Gasteiger partial charge in [0.05, 0.1) is 10.6 Å². The summed E-state index contributed by atoms with van der Waals surface area (Å²) in [6.07, 6.45) is 3.09. The molecule has 0 unspecified atom stereocenters. The molecule has 0 radical (unpaired) electrons. The molecular formula is C10H9N3O3. The van der Waals surface area contributed by atoms with Gasteiger partial charge >= 0.3 is 5.69 Å². The molecule has 1 N–H and O–H groups in total. The molecule has 0 bridgehead atoms. The highest BCUT2D eigenvalue weighted by atomic mass is 16.6. The van der Waals surface area contributed by atoms with E-state index in [2.05, 4.69) is 4.98 Å². The third-order valence-electron chi connectivity index (χ3n) is 2.30. The van der Waals surface area contributed by atoms with Gasteiger partial charge in [-0.3, -0.25) is 14.7 Å². The van der Waals surface area contributed by atoms with Crippen LogP contribution in [-0.2, 0) is 0 Å². The standard InChI is InChI=1S/C10H9N3O3/c1-7-6-8(2-3-9(7)13(15)16)12-5-4-11-10(12)14/h2-6H,1H3,(H,11,14). The fourth-order valence-corrected chi connectivity index (χ4v) is 1.52. The molecule has 0 aliphatic rings. The van der Waals surface area contributed by atoms with Gasteiger partial charge in [-0.05, 0) is 19.1 Å². The van der Waals surface area contributed by atoms with Crippen molar-refractivity contribution in [1.29, 1.82) is 0 Å². The number of rotatable bonds is 2. The summed E-state index contributed by atoms with van der Waals surface area (Å²) in [6.45, 7) is 1.64. The van der Waals surface area contributed by atoms with Gasteiger partial charge in [0.1, 0.15) is 0 Å². The summed E-state index contributed by atoms with van der Waals surface area (Å²) in [5, 5.41) is 10.6. The average Bonchev–Trinajstić information content (AvgIpc) is 2.63. The molecule has 2 rings (SSSR count). The summed E-state index contributed by atoms with van der Waals surface area (Å²) < 4.78 is 1.39. The van der Waals surface area contributed by atoms with Crippen LogP contribution in [0.3, 0.4) is 0 Å². The highest BCUT2D eigenvalue weighted by Gasteiger charge is 2.11. The molecule has 0 spiro atoms. The molecule has 0 saturated heterocycles. The van der Waals surface area contributed by atoms with Crippen LogP contribution in [0.5, 0.6) is 0 Å². The van der Waals surface area contributed by atoms with Crippen molar-refractivity contribution in [3.63, 3.8) is 0 Å². The molecule has 1 heterocycles. The highest BCUT2D eigenvalue weighted by Crippen LogP contribution is 2.19. The lowest BCUT2D eigenvalue weighted by Gasteiger charge is -2.02. The van der Waals surface area contributed by atoms with Crippen molar-refractivity contribution in [2.24, 2.45) is 0 Å². The lowest BCUT2D eigenvalue weighted by Crippen LogP contribution is -2.14. The first-order valence-electron chi connectivity index (χ1n) is 4.61. The summed E-state index contributed by atoms with van der Waals surface area (Å²) in [5.41, 5.74) is 0.908. The van der Waals surface area contributed by atoms with Crippen molar-refractivity contribution in [3.8, 4) is 5.69 Å². The molecule has 16 heavy (non-hydrogen) atoms. The van der Waals surface area contributed by atoms with Gasteiger partial charge in [-0.15, -0.1) is 0 Å². The molecule has 0 atom stereocenters. The zero-order chi connectivity index (χ0) is 11.7. The number of aromatic amines is 1. The summed E-state index contributed by atoms with van der Waals surface area (Å²) >= 11 is 0. The number of benzene rings is 1. The van der Waals surface area contributed by atoms with E-state index in [-0.39, 0.29) is 11.4 Å². The summed E-state index contributed by atoms with van der Waals surface area (Å²) in [4.78, 5) is 24.0. The maximum atomic E-state index is 11.3. The van der Waals surface area contributed by atoms with Gasteiger partial charge in [0.2, 0.25) is 0 Å². The van der Waals surface area contributed by atoms with Gasteiger partial charge < -0.3 is 4.98 Å². The molecule has 1 aromatic heterocycles. The maximum Gasteiger partial charge on any atom is 0.330 e. The van der Waals surface area contributed by atoms with Crippen LogP contribution in [0.15, 0.2) is 35.4 Å². The number of nitro groups is 1. The molecule has 0 aliphatic heterocycles. The Morgan fingerprint density at radius 2 is 2.19 bits per heavy atom. The normalized spacial score (nSPS) is 10.3. The lowest BCUT2D eigenvalue weighted by molar-refractivity contribution is -0.385. The molecule has 6 heteroatoms. The molecule has 2 aromatic rings. The monoisotopic (exact) mass is 219 g/mol. The van der Waals surface area contributed by atoms with Crippen molar-refractivity contribution in [2.75, 3.05) is 0 Å². The fraction of sp³-hybridized carbons (Fsp3) is 0.100. The van der Waals surface area contributed by atoms with Crippen LogP contribution in [0.1, 0.15) is 5.56 Å². The fourth-order valence-electron chi connectivity index (χ4n) is 1.52. The Morgan fingerprint density at radius 3 is 2.69 bits per heavy atom. The van der Waals surface area contributed by atoms with E-state index >= 15 is 0 Å². The van der Waals surface area contributed by atoms with E-state index in [4.69, 9.17) is 0 Å². The summed E-state index contributed by atoms with van der Waals surface area (Å²) in [6, 6.07) is 4.54. The van der Waals surface area contributed by atoms with E-state index < -0.39 is 4.92 Å². The summed E-state index contributed by atoms with van der Waals surface area (Å²) in [7, 11) is 0. The Morgan fingerprint density at radius 1 is 1.44 bits per heavy atom. The quantitative estimate of drug-likeness (QED) is 0.612. The number of hydrogen-bond donors (Lipinski definition) is 1. The van der Waals surface area contributed by atoms with Crippen LogP contribution in [0, 0.1) is 17.0 Å². The smallest absolute Gasteiger partial charge is 0.312 e. The number of hydrogen-bond acceptors (Lipinski definition) is 3. The van der Waals surface area contributed by atoms with Crippen molar-refractivity contribution < 1.29 is 4.92 Å². The maximum absolute atomic E-state index is 11.3. The minimum absolute atomic E-state index is 0.0485. The van der Waals surface area contributed by atoms with Gasteiger partial charge in [-0.2, -0.15) is 0 Å². The van der Waals surface area contributed by atoms with Gasteiger partial charge in [0.15, 0.2) is 0 Å². The minimum atomic E-state index is -0.445. The van der Waals surface area contributed by atoms with Crippen LogP contribution in [0.4, 0.5) is 5.69 Å². The third kappa shape index (κ3) is 1.60. The van der Waals surface area contributed by atoms with Gasteiger partial charge in [0.25, 0.3) is 5.69 Å². The minimum Gasteiger partial charge on any atom is -0.312 e. The van der Waals surface area contributed by atoms with E-state index in [9.17, 15) is 14.9 Å². The molecule has 0 aliphatic carbocycles. The Kier molecular flexibility index (Phi) is 2.32. The number of aromatic nitrogens is 2. The summed E-state index contributed by atoms with van der Waals surface area (Å²) in [5.74, 6) is 0. The van der Waals surface area contributed by atoms with Gasteiger partial charge in [-0.25, -0.2) is 4.79 Å². The molecule has 6 nitrogen and oxygen atoms in total. The Balaban J connectivity index is 2.54. The molecule has 0 saturated carbocycles. The van der Waals surface area contributed by atoms with E-state index in [1.165, 1.54) is 16.8 Å². The molecule has 82 valence electrons. The van der Waals surface area contributed by atoms with Gasteiger partial charge in [-0.1, -0.05) is 0 Å². The predicted octanol–water partition coefficient (Wildman–Crippen LogP) is 1.38. The molecular weight excluding hydrogens is 210 g/mol. The number of nitrogens with one attached hydrogen (secondary N) is 1. The van der Waals surface area contributed by atoms with Crippen molar-refractivity contribution >= 4 is 5.69 Å². The van der Waals surface area contributed by atoms with Crippen LogP contribution >= 0.6 is 0 Å². The number of nitro benzene ring substituents is 1. The Bertz CT molecular complexity index is 597. The number of imidazole rings is 1. The van der Waals surface area contributed by atoms with Crippen LogP contribution in [0.25, 0.3) is 5.69 Å². The molecule has 1 aromatic carbocycles. The van der Waals surface area contributed by atoms with Crippen molar-refractivity contribution in [1.82, 2.24) is 9.55 Å². The van der Waals surface area contributed by atoms with Crippen LogP contribution in [0.2, 0.25) is 0 Å². The average molecular weight is 219 g/mol. The Hall–Kier alpha value is -2.37. The van der Waals surface area contributed by atoms with E-state index in [0.717, 1.165) is 0 Å². The van der Waals surface area contributed by atoms with E-state index in [1.54, 1.807) is 25.3 Å². The number of H-pyrrole nitrogens is 1. The topological polar surface area (TPSA) is 80.9 Å². The van der Waals surface area contributed by atoms with Crippen LogP contribution in [-0.4, -0.2) is 14.5 Å². The van der Waals surface area contributed by atoms with E-state index in [0.29, 0.717) is 11.3 Å². The zero-order valence-electron chi connectivity index (χ0n) is 8.51. The lowest BCUT2D eigenvalue weighted by atomic mass is 10.2. The van der Waals surface area contributed by atoms with Crippen molar-refractivity contribution in [3.05, 3.63) is 56.8 Å². The highest BCUT2D eigenvalue weighted by molar-refractivity contribution is 5.47. The SMILES string of the molecule is Cc1cc(-n2cc[nH]c2=O)ccc1[N+](=O)[O-]. The largest absolute Gasteiger partial charge is 0.330 e. The number of aryl methyl sites for hydroxylation is 1. The first-order valence-corrected chi connectivity index (χ1v) is 4.61. The van der Waals surface area contributed by atoms with E-state index in [1.807, 2.05) is 0 Å². The first-order chi connectivity index (χ1) is 7.59. The molecule has 0 fully saturated rings.